The summed E-state index contributed by atoms with van der Waals surface area (Å²) in [5.74, 6) is 1.47. The summed E-state index contributed by atoms with van der Waals surface area (Å²) < 4.78 is 5.82. The highest BCUT2D eigenvalue weighted by molar-refractivity contribution is 6.22. The number of benzene rings is 2. The molecule has 5 rings (SSSR count). The van der Waals surface area contributed by atoms with Crippen molar-refractivity contribution in [1.29, 1.82) is 0 Å². The van der Waals surface area contributed by atoms with Gasteiger partial charge in [0.15, 0.2) is 0 Å². The Morgan fingerprint density at radius 3 is 1.85 bits per heavy atom. The molecule has 0 radical (unpaired) electrons. The molecule has 0 N–H and O–H groups in total. The Labute approximate surface area is 152 Å². The second kappa shape index (κ2) is 5.56. The fourth-order valence-corrected chi connectivity index (χ4v) is 4.56. The number of hydrogen-bond acceptors (Lipinski definition) is 3. The van der Waals surface area contributed by atoms with Crippen molar-refractivity contribution in [3.8, 4) is 11.5 Å². The molecule has 2 fully saturated rings. The highest BCUT2D eigenvalue weighted by Gasteiger charge is 2.59. The first-order valence-corrected chi connectivity index (χ1v) is 9.02. The van der Waals surface area contributed by atoms with Crippen molar-refractivity contribution >= 4 is 17.5 Å². The van der Waals surface area contributed by atoms with Crippen LogP contribution < -0.4 is 9.64 Å². The van der Waals surface area contributed by atoms with Gasteiger partial charge in [0.05, 0.1) is 17.5 Å². The van der Waals surface area contributed by atoms with Crippen LogP contribution in [0.5, 0.6) is 11.5 Å². The zero-order valence-electron chi connectivity index (χ0n) is 14.5. The van der Waals surface area contributed by atoms with E-state index in [1.54, 1.807) is 24.3 Å². The summed E-state index contributed by atoms with van der Waals surface area (Å²) in [7, 11) is 0. The van der Waals surface area contributed by atoms with E-state index in [1.165, 1.54) is 10.5 Å². The fourth-order valence-electron chi connectivity index (χ4n) is 4.56. The number of carbonyl (C=O) groups excluding carboxylic acids is 2. The van der Waals surface area contributed by atoms with E-state index in [0.717, 1.165) is 12.2 Å². The van der Waals surface area contributed by atoms with Gasteiger partial charge < -0.3 is 4.74 Å². The first-order valence-electron chi connectivity index (χ1n) is 9.02. The minimum Gasteiger partial charge on any atom is -0.457 e. The highest BCUT2D eigenvalue weighted by atomic mass is 16.5. The lowest BCUT2D eigenvalue weighted by Crippen LogP contribution is -2.32. The third kappa shape index (κ3) is 2.22. The smallest absolute Gasteiger partial charge is 0.238 e. The van der Waals surface area contributed by atoms with Gasteiger partial charge in [-0.1, -0.05) is 29.8 Å². The second-order valence-corrected chi connectivity index (χ2v) is 7.42. The van der Waals surface area contributed by atoms with Crippen LogP contribution >= 0.6 is 0 Å². The lowest BCUT2D eigenvalue weighted by Gasteiger charge is -2.17. The van der Waals surface area contributed by atoms with Crippen molar-refractivity contribution in [2.45, 2.75) is 13.3 Å². The van der Waals surface area contributed by atoms with Crippen LogP contribution in [0.1, 0.15) is 12.0 Å². The minimum atomic E-state index is -0.166. The molecule has 130 valence electrons. The van der Waals surface area contributed by atoms with Gasteiger partial charge in [-0.05, 0) is 61.6 Å². The average molecular weight is 345 g/mol. The monoisotopic (exact) mass is 345 g/mol. The predicted molar refractivity (Wildman–Crippen MR) is 97.9 cm³/mol. The molecule has 2 aliphatic carbocycles. The Kier molecular flexibility index (Phi) is 3.29. The number of ether oxygens (including phenoxy) is 1. The molecule has 4 atom stereocenters. The lowest BCUT2D eigenvalue weighted by atomic mass is 9.85. The van der Waals surface area contributed by atoms with Gasteiger partial charge in [0.1, 0.15) is 11.5 Å². The Balaban J connectivity index is 1.37. The number of fused-ring (bicyclic) bond motifs is 5. The van der Waals surface area contributed by atoms with Crippen LogP contribution in [0.2, 0.25) is 0 Å². The molecule has 1 aliphatic heterocycles. The summed E-state index contributed by atoms with van der Waals surface area (Å²) in [6.45, 7) is 2.03. The van der Waals surface area contributed by atoms with Crippen LogP contribution in [-0.4, -0.2) is 11.8 Å². The van der Waals surface area contributed by atoms with E-state index in [4.69, 9.17) is 4.74 Å². The predicted octanol–water partition coefficient (Wildman–Crippen LogP) is 4.10. The summed E-state index contributed by atoms with van der Waals surface area (Å²) >= 11 is 0. The summed E-state index contributed by atoms with van der Waals surface area (Å²) in [6.07, 6.45) is 5.17. The SMILES string of the molecule is Cc1ccc(Oc2ccc(N3C(=O)[C@@H]4[C@H](C3=O)[C@H]3C=C[C@@H]4C3)cc2)cc1. The molecule has 2 aromatic carbocycles. The molecule has 2 amide bonds. The maximum absolute atomic E-state index is 12.8. The molecule has 1 heterocycles. The van der Waals surface area contributed by atoms with Crippen molar-refractivity contribution in [3.63, 3.8) is 0 Å². The van der Waals surface area contributed by atoms with E-state index < -0.39 is 0 Å². The Morgan fingerprint density at radius 2 is 1.31 bits per heavy atom. The van der Waals surface area contributed by atoms with Crippen molar-refractivity contribution < 1.29 is 14.3 Å². The number of carbonyl (C=O) groups is 2. The maximum Gasteiger partial charge on any atom is 0.238 e. The molecule has 0 unspecified atom stereocenters. The van der Waals surface area contributed by atoms with Gasteiger partial charge >= 0.3 is 0 Å². The van der Waals surface area contributed by atoms with E-state index in [2.05, 4.69) is 12.2 Å². The van der Waals surface area contributed by atoms with Gasteiger partial charge in [0.25, 0.3) is 0 Å². The third-order valence-corrected chi connectivity index (χ3v) is 5.82. The quantitative estimate of drug-likeness (QED) is 0.621. The number of nitrogens with zero attached hydrogens (tertiary/aromatic N) is 1. The zero-order valence-corrected chi connectivity index (χ0v) is 14.5. The molecule has 0 spiro atoms. The van der Waals surface area contributed by atoms with Gasteiger partial charge in [-0.15, -0.1) is 0 Å². The highest BCUT2D eigenvalue weighted by Crippen LogP contribution is 2.53. The molecule has 1 saturated heterocycles. The van der Waals surface area contributed by atoms with E-state index in [1.807, 2.05) is 31.2 Å². The molecule has 4 nitrogen and oxygen atoms in total. The van der Waals surface area contributed by atoms with E-state index in [-0.39, 0.29) is 35.5 Å². The van der Waals surface area contributed by atoms with Gasteiger partial charge in [-0.3, -0.25) is 14.5 Å². The van der Waals surface area contributed by atoms with E-state index in [0.29, 0.717) is 11.4 Å². The maximum atomic E-state index is 12.8. The molecule has 0 aromatic heterocycles. The number of anilines is 1. The Bertz CT molecular complexity index is 883. The van der Waals surface area contributed by atoms with Crippen molar-refractivity contribution in [2.24, 2.45) is 23.7 Å². The first-order chi connectivity index (χ1) is 12.6. The average Bonchev–Trinajstić information content (AvgIpc) is 3.32. The van der Waals surface area contributed by atoms with Crippen LogP contribution in [0.3, 0.4) is 0 Å². The number of aryl methyl sites for hydroxylation is 1. The normalized spacial score (nSPS) is 28.7. The Morgan fingerprint density at radius 1 is 0.808 bits per heavy atom. The van der Waals surface area contributed by atoms with Crippen LogP contribution in [0.25, 0.3) is 0 Å². The minimum absolute atomic E-state index is 0.0518. The molecular weight excluding hydrogens is 326 g/mol. The number of imide groups is 1. The van der Waals surface area contributed by atoms with Gasteiger partial charge in [-0.25, -0.2) is 0 Å². The van der Waals surface area contributed by atoms with Crippen molar-refractivity contribution in [1.82, 2.24) is 0 Å². The summed E-state index contributed by atoms with van der Waals surface area (Å²) in [6, 6.07) is 15.0. The van der Waals surface area contributed by atoms with Crippen molar-refractivity contribution in [2.75, 3.05) is 4.90 Å². The number of allylic oxidation sites excluding steroid dienone is 2. The molecule has 26 heavy (non-hydrogen) atoms. The van der Waals surface area contributed by atoms with Gasteiger partial charge in [0, 0.05) is 0 Å². The number of hydrogen-bond donors (Lipinski definition) is 0. The van der Waals surface area contributed by atoms with Crippen LogP contribution in [-0.2, 0) is 9.59 Å². The summed E-state index contributed by atoms with van der Waals surface area (Å²) in [5.41, 5.74) is 1.80. The molecular formula is C22H19NO3. The summed E-state index contributed by atoms with van der Waals surface area (Å²) in [4.78, 5) is 27.0. The molecule has 4 heteroatoms. The largest absolute Gasteiger partial charge is 0.457 e. The third-order valence-electron chi connectivity index (χ3n) is 5.82. The van der Waals surface area contributed by atoms with Gasteiger partial charge in [-0.2, -0.15) is 0 Å². The standard InChI is InChI=1S/C22H19NO3/c1-13-2-8-17(9-3-13)26-18-10-6-16(7-11-18)23-21(24)19-14-4-5-15(12-14)20(19)22(23)25/h2-11,14-15,19-20H,12H2,1H3/t14-,15+,19+,20-. The molecule has 1 saturated carbocycles. The van der Waals surface area contributed by atoms with Gasteiger partial charge in [0.2, 0.25) is 11.8 Å². The van der Waals surface area contributed by atoms with E-state index >= 15 is 0 Å². The topological polar surface area (TPSA) is 46.6 Å². The van der Waals surface area contributed by atoms with Crippen LogP contribution in [0, 0.1) is 30.6 Å². The van der Waals surface area contributed by atoms with E-state index in [9.17, 15) is 9.59 Å². The molecule has 2 bridgehead atoms. The van der Waals surface area contributed by atoms with Crippen LogP contribution in [0.15, 0.2) is 60.7 Å². The second-order valence-electron chi connectivity index (χ2n) is 7.42. The first kappa shape index (κ1) is 15.4. The van der Waals surface area contributed by atoms with Crippen LogP contribution in [0.4, 0.5) is 5.69 Å². The molecule has 3 aliphatic rings. The lowest BCUT2D eigenvalue weighted by molar-refractivity contribution is -0.123. The summed E-state index contributed by atoms with van der Waals surface area (Å²) in [5, 5.41) is 0. The number of amides is 2. The fraction of sp³-hybridized carbons (Fsp3) is 0.273. The number of rotatable bonds is 3. The molecule has 2 aromatic rings. The Hall–Kier alpha value is -2.88. The zero-order chi connectivity index (χ0) is 17.8. The van der Waals surface area contributed by atoms with Crippen molar-refractivity contribution in [3.05, 3.63) is 66.2 Å².